The van der Waals surface area contributed by atoms with Crippen LogP contribution in [0.3, 0.4) is 0 Å². The van der Waals surface area contributed by atoms with E-state index in [2.05, 4.69) is 0 Å². The summed E-state index contributed by atoms with van der Waals surface area (Å²) in [5.74, 6) is 0.653. The Hall–Kier alpha value is -1.10. The summed E-state index contributed by atoms with van der Waals surface area (Å²) in [6, 6.07) is 4.77. The van der Waals surface area contributed by atoms with Gasteiger partial charge in [-0.1, -0.05) is 0 Å². The summed E-state index contributed by atoms with van der Waals surface area (Å²) >= 11 is 0. The van der Waals surface area contributed by atoms with Gasteiger partial charge >= 0.3 is 0 Å². The number of hydrogen-bond acceptors (Lipinski definition) is 4. The van der Waals surface area contributed by atoms with E-state index < -0.39 is 9.84 Å². The summed E-state index contributed by atoms with van der Waals surface area (Å²) in [6.07, 6.45) is 1.18. The first-order valence-corrected chi connectivity index (χ1v) is 6.70. The standard InChI is InChI=1S/C9H10B2NO3S/c1-16(13,14)7-2-3-9-8(6-7)12(11-10)4-5-15-9/h2-3,6H,4-5H2,1H3. The second-order valence-corrected chi connectivity index (χ2v) is 5.61. The summed E-state index contributed by atoms with van der Waals surface area (Å²) in [7, 11) is 3.69. The molecule has 0 atom stereocenters. The second kappa shape index (κ2) is 4.05. The van der Waals surface area contributed by atoms with E-state index in [1.165, 1.54) is 19.6 Å². The van der Waals surface area contributed by atoms with Crippen LogP contribution in [0.4, 0.5) is 5.69 Å². The van der Waals surface area contributed by atoms with Crippen LogP contribution in [0, 0.1) is 0 Å². The van der Waals surface area contributed by atoms with Crippen molar-refractivity contribution in [2.45, 2.75) is 4.90 Å². The molecule has 0 aliphatic carbocycles. The second-order valence-electron chi connectivity index (χ2n) is 3.59. The molecule has 1 aliphatic heterocycles. The molecule has 0 bridgehead atoms. The van der Waals surface area contributed by atoms with E-state index in [4.69, 9.17) is 12.5 Å². The van der Waals surface area contributed by atoms with E-state index >= 15 is 0 Å². The molecule has 3 radical (unpaired) electrons. The average molecular weight is 234 g/mol. The maximum Gasteiger partial charge on any atom is 0.184 e. The molecular formula is C9H10B2NO3S. The number of hydrogen-bond donors (Lipinski definition) is 0. The molecule has 4 nitrogen and oxygen atoms in total. The molecule has 0 saturated carbocycles. The fourth-order valence-corrected chi connectivity index (χ4v) is 2.24. The first-order valence-electron chi connectivity index (χ1n) is 4.81. The Morgan fingerprint density at radius 2 is 2.25 bits per heavy atom. The van der Waals surface area contributed by atoms with Crippen molar-refractivity contribution in [1.29, 1.82) is 0 Å². The summed E-state index contributed by atoms with van der Waals surface area (Å²) in [5.41, 5.74) is 0.691. The van der Waals surface area contributed by atoms with Gasteiger partial charge in [0, 0.05) is 20.5 Å². The van der Waals surface area contributed by atoms with Crippen molar-refractivity contribution >= 4 is 30.6 Å². The Bertz CT molecular complexity index is 503. The number of anilines is 1. The van der Waals surface area contributed by atoms with E-state index in [0.29, 0.717) is 24.6 Å². The SMILES string of the molecule is [B][B]N1CCOc2ccc(S(C)(=O)=O)cc21. The van der Waals surface area contributed by atoms with Gasteiger partial charge < -0.3 is 9.55 Å². The minimum atomic E-state index is -3.20. The smallest absolute Gasteiger partial charge is 0.184 e. The third-order valence-corrected chi connectivity index (χ3v) is 3.55. The molecule has 81 valence electrons. The van der Waals surface area contributed by atoms with Crippen LogP contribution in [0.25, 0.3) is 0 Å². The quantitative estimate of drug-likeness (QED) is 0.675. The molecule has 1 aromatic carbocycles. The highest BCUT2D eigenvalue weighted by Gasteiger charge is 2.19. The lowest BCUT2D eigenvalue weighted by molar-refractivity contribution is 0.316. The molecule has 16 heavy (non-hydrogen) atoms. The van der Waals surface area contributed by atoms with Crippen molar-refractivity contribution in [3.63, 3.8) is 0 Å². The van der Waals surface area contributed by atoms with Crippen molar-refractivity contribution in [3.05, 3.63) is 18.2 Å². The van der Waals surface area contributed by atoms with Gasteiger partial charge in [0.05, 0.1) is 10.6 Å². The predicted octanol–water partition coefficient (Wildman–Crippen LogP) is -0.00840. The van der Waals surface area contributed by atoms with Crippen LogP contribution in [-0.2, 0) is 9.84 Å². The number of rotatable bonds is 2. The summed E-state index contributed by atoms with van der Waals surface area (Å²) in [6.45, 7) is 1.16. The summed E-state index contributed by atoms with van der Waals surface area (Å²) in [5, 5.41) is 0. The number of fused-ring (bicyclic) bond motifs is 1. The van der Waals surface area contributed by atoms with Gasteiger partial charge in [0.15, 0.2) is 17.1 Å². The first-order chi connectivity index (χ1) is 7.52. The predicted molar refractivity (Wildman–Crippen MR) is 63.9 cm³/mol. The molecule has 0 fully saturated rings. The highest BCUT2D eigenvalue weighted by Crippen LogP contribution is 2.32. The normalized spacial score (nSPS) is 15.2. The highest BCUT2D eigenvalue weighted by atomic mass is 32.2. The van der Waals surface area contributed by atoms with Crippen molar-refractivity contribution in [1.82, 2.24) is 0 Å². The Labute approximate surface area is 97.2 Å². The van der Waals surface area contributed by atoms with Gasteiger partial charge in [-0.2, -0.15) is 0 Å². The van der Waals surface area contributed by atoms with E-state index in [0.717, 1.165) is 0 Å². The molecule has 0 unspecified atom stereocenters. The molecule has 0 aromatic heterocycles. The number of sulfone groups is 1. The third kappa shape index (κ3) is 2.04. The van der Waals surface area contributed by atoms with Crippen LogP contribution in [0.15, 0.2) is 23.1 Å². The molecular weight excluding hydrogens is 224 g/mol. The van der Waals surface area contributed by atoms with Crippen molar-refractivity contribution in [2.75, 3.05) is 24.2 Å². The Morgan fingerprint density at radius 1 is 1.50 bits per heavy atom. The van der Waals surface area contributed by atoms with Crippen LogP contribution >= 0.6 is 0 Å². The number of ether oxygens (including phenoxy) is 1. The summed E-state index contributed by atoms with van der Waals surface area (Å²) < 4.78 is 28.2. The van der Waals surface area contributed by atoms with Crippen molar-refractivity contribution in [2.24, 2.45) is 0 Å². The van der Waals surface area contributed by atoms with Crippen LogP contribution in [0.5, 0.6) is 5.75 Å². The minimum Gasteiger partial charge on any atom is -0.490 e. The largest absolute Gasteiger partial charge is 0.490 e. The fraction of sp³-hybridized carbons (Fsp3) is 0.333. The van der Waals surface area contributed by atoms with Crippen LogP contribution in [0.1, 0.15) is 0 Å². The molecule has 7 heteroatoms. The zero-order valence-electron chi connectivity index (χ0n) is 8.88. The third-order valence-electron chi connectivity index (χ3n) is 2.44. The van der Waals surface area contributed by atoms with Gasteiger partial charge in [0.1, 0.15) is 12.4 Å². The zero-order chi connectivity index (χ0) is 11.8. The van der Waals surface area contributed by atoms with Gasteiger partial charge in [-0.3, -0.25) is 0 Å². The average Bonchev–Trinajstić information content (AvgIpc) is 2.26. The van der Waals surface area contributed by atoms with Crippen molar-refractivity contribution < 1.29 is 13.2 Å². The maximum atomic E-state index is 11.4. The maximum absolute atomic E-state index is 11.4. The van der Waals surface area contributed by atoms with E-state index in [9.17, 15) is 8.42 Å². The molecule has 0 saturated heterocycles. The van der Waals surface area contributed by atoms with Crippen molar-refractivity contribution in [3.8, 4) is 5.75 Å². The Morgan fingerprint density at radius 3 is 2.88 bits per heavy atom. The Kier molecular flexibility index (Phi) is 2.88. The summed E-state index contributed by atoms with van der Waals surface area (Å²) in [4.78, 5) is 2.04. The monoisotopic (exact) mass is 234 g/mol. The molecule has 1 heterocycles. The molecule has 1 aromatic rings. The minimum absolute atomic E-state index is 0.267. The molecule has 1 aliphatic rings. The molecule has 0 amide bonds. The van der Waals surface area contributed by atoms with Gasteiger partial charge in [0.2, 0.25) is 0 Å². The number of nitrogens with zero attached hydrogens (tertiary/aromatic N) is 1. The van der Waals surface area contributed by atoms with E-state index in [1.54, 1.807) is 16.9 Å². The van der Waals surface area contributed by atoms with Gasteiger partial charge in [-0.25, -0.2) is 8.42 Å². The topological polar surface area (TPSA) is 46.6 Å². The van der Waals surface area contributed by atoms with Crippen LogP contribution < -0.4 is 9.55 Å². The van der Waals surface area contributed by atoms with E-state index in [-0.39, 0.29) is 4.90 Å². The first kappa shape index (κ1) is 11.4. The van der Waals surface area contributed by atoms with Gasteiger partial charge in [0.25, 0.3) is 0 Å². The molecule has 0 spiro atoms. The zero-order valence-corrected chi connectivity index (χ0v) is 9.70. The van der Waals surface area contributed by atoms with Gasteiger partial charge in [-0.15, -0.1) is 0 Å². The van der Waals surface area contributed by atoms with Gasteiger partial charge in [-0.05, 0) is 18.2 Å². The van der Waals surface area contributed by atoms with E-state index in [1.807, 2.05) is 0 Å². The van der Waals surface area contributed by atoms with Crippen LogP contribution in [0.2, 0.25) is 0 Å². The Balaban J connectivity index is 2.51. The fourth-order valence-electron chi connectivity index (χ4n) is 1.60. The van der Waals surface area contributed by atoms with Crippen LogP contribution in [-0.4, -0.2) is 42.9 Å². The lowest BCUT2D eigenvalue weighted by Gasteiger charge is -2.31. The molecule has 0 N–H and O–H groups in total. The molecule has 2 rings (SSSR count). The number of benzene rings is 1. The lowest BCUT2D eigenvalue weighted by Crippen LogP contribution is -2.36. The highest BCUT2D eigenvalue weighted by molar-refractivity contribution is 7.90. The lowest BCUT2D eigenvalue weighted by atomic mass is 9.65.